The van der Waals surface area contributed by atoms with E-state index in [0.29, 0.717) is 11.6 Å². The Morgan fingerprint density at radius 3 is 2.60 bits per heavy atom. The van der Waals surface area contributed by atoms with Crippen LogP contribution in [0.3, 0.4) is 0 Å². The Kier molecular flexibility index (Phi) is 4.48. The van der Waals surface area contributed by atoms with Crippen LogP contribution in [0.5, 0.6) is 0 Å². The molecule has 0 unspecified atom stereocenters. The van der Waals surface area contributed by atoms with Crippen molar-refractivity contribution in [3.8, 4) is 0 Å². The highest BCUT2D eigenvalue weighted by Crippen LogP contribution is 2.22. The van der Waals surface area contributed by atoms with E-state index in [-0.39, 0.29) is 5.91 Å². The second-order valence-electron chi connectivity index (χ2n) is 5.57. The number of hydrogen-bond acceptors (Lipinski definition) is 1. The number of rotatable bonds is 5. The van der Waals surface area contributed by atoms with E-state index in [1.807, 2.05) is 17.9 Å². The summed E-state index contributed by atoms with van der Waals surface area (Å²) in [7, 11) is 0. The third-order valence-corrected chi connectivity index (χ3v) is 3.71. The number of hydrogen-bond donors (Lipinski definition) is 1. The lowest BCUT2D eigenvalue weighted by Crippen LogP contribution is -2.31. The highest BCUT2D eigenvalue weighted by Gasteiger charge is 2.15. The lowest BCUT2D eigenvalue weighted by atomic mass is 10.0. The SMILES string of the molecule is CCCN(CC)C(=O)c1cc2ccc(C(C)C)cc2[nH]1. The molecule has 0 saturated heterocycles. The summed E-state index contributed by atoms with van der Waals surface area (Å²) in [5.41, 5.74) is 3.03. The Morgan fingerprint density at radius 1 is 1.25 bits per heavy atom. The van der Waals surface area contributed by atoms with Gasteiger partial charge in [0.25, 0.3) is 5.91 Å². The van der Waals surface area contributed by atoms with Crippen molar-refractivity contribution in [2.24, 2.45) is 0 Å². The van der Waals surface area contributed by atoms with E-state index in [1.165, 1.54) is 5.56 Å². The maximum atomic E-state index is 12.4. The normalized spacial score (nSPS) is 11.2. The van der Waals surface area contributed by atoms with E-state index < -0.39 is 0 Å². The number of carbonyl (C=O) groups is 1. The highest BCUT2D eigenvalue weighted by molar-refractivity contribution is 5.98. The number of benzene rings is 1. The standard InChI is InChI=1S/C17H24N2O/c1-5-9-19(6-2)17(20)16-11-14-8-7-13(12(3)4)10-15(14)18-16/h7-8,10-12,18H,5-6,9H2,1-4H3. The largest absolute Gasteiger partial charge is 0.351 e. The lowest BCUT2D eigenvalue weighted by Gasteiger charge is -2.18. The minimum atomic E-state index is 0.0941. The van der Waals surface area contributed by atoms with Crippen molar-refractivity contribution in [3.63, 3.8) is 0 Å². The van der Waals surface area contributed by atoms with E-state index in [9.17, 15) is 4.79 Å². The Bertz CT molecular complexity index is 598. The second kappa shape index (κ2) is 6.12. The molecular weight excluding hydrogens is 248 g/mol. The molecule has 1 heterocycles. The molecule has 0 bridgehead atoms. The zero-order valence-corrected chi connectivity index (χ0v) is 12.9. The van der Waals surface area contributed by atoms with E-state index in [2.05, 4.69) is 44.0 Å². The number of nitrogens with zero attached hydrogens (tertiary/aromatic N) is 1. The van der Waals surface area contributed by atoms with Gasteiger partial charge in [-0.1, -0.05) is 32.9 Å². The number of carbonyl (C=O) groups excluding carboxylic acids is 1. The summed E-state index contributed by atoms with van der Waals surface area (Å²) in [6.45, 7) is 10.0. The molecule has 3 heteroatoms. The van der Waals surface area contributed by atoms with Crippen LogP contribution in [0, 0.1) is 0 Å². The van der Waals surface area contributed by atoms with Gasteiger partial charge in [-0.2, -0.15) is 0 Å². The molecule has 2 aromatic rings. The van der Waals surface area contributed by atoms with Gasteiger partial charge in [0.15, 0.2) is 0 Å². The van der Waals surface area contributed by atoms with E-state index in [0.717, 1.165) is 30.4 Å². The predicted molar refractivity (Wildman–Crippen MR) is 84.3 cm³/mol. The smallest absolute Gasteiger partial charge is 0.270 e. The van der Waals surface area contributed by atoms with Crippen LogP contribution in [0.25, 0.3) is 10.9 Å². The van der Waals surface area contributed by atoms with E-state index >= 15 is 0 Å². The second-order valence-corrected chi connectivity index (χ2v) is 5.57. The van der Waals surface area contributed by atoms with Crippen LogP contribution in [0.1, 0.15) is 56.1 Å². The minimum absolute atomic E-state index is 0.0941. The van der Waals surface area contributed by atoms with Gasteiger partial charge < -0.3 is 9.88 Å². The average Bonchev–Trinajstić information content (AvgIpc) is 2.86. The molecule has 108 valence electrons. The third-order valence-electron chi connectivity index (χ3n) is 3.71. The Hall–Kier alpha value is -1.77. The summed E-state index contributed by atoms with van der Waals surface area (Å²) >= 11 is 0. The van der Waals surface area contributed by atoms with E-state index in [4.69, 9.17) is 0 Å². The maximum absolute atomic E-state index is 12.4. The molecule has 0 fully saturated rings. The van der Waals surface area contributed by atoms with Crippen molar-refractivity contribution in [1.82, 2.24) is 9.88 Å². The summed E-state index contributed by atoms with van der Waals surface area (Å²) in [6.07, 6.45) is 0.983. The van der Waals surface area contributed by atoms with Gasteiger partial charge in [0.2, 0.25) is 0 Å². The van der Waals surface area contributed by atoms with Crippen LogP contribution in [-0.4, -0.2) is 28.9 Å². The fourth-order valence-corrected chi connectivity index (χ4v) is 2.46. The van der Waals surface area contributed by atoms with Crippen molar-refractivity contribution in [2.75, 3.05) is 13.1 Å². The molecule has 0 aliphatic heterocycles. The molecule has 3 nitrogen and oxygen atoms in total. The Balaban J connectivity index is 2.33. The summed E-state index contributed by atoms with van der Waals surface area (Å²) in [5, 5.41) is 1.10. The summed E-state index contributed by atoms with van der Waals surface area (Å²) in [4.78, 5) is 17.6. The van der Waals surface area contributed by atoms with Gasteiger partial charge in [-0.05, 0) is 37.0 Å². The molecule has 1 aromatic heterocycles. The summed E-state index contributed by atoms with van der Waals surface area (Å²) < 4.78 is 0. The first-order valence-corrected chi connectivity index (χ1v) is 7.48. The highest BCUT2D eigenvalue weighted by atomic mass is 16.2. The summed E-state index contributed by atoms with van der Waals surface area (Å²) in [5.74, 6) is 0.589. The van der Waals surface area contributed by atoms with Crippen molar-refractivity contribution >= 4 is 16.8 Å². The van der Waals surface area contributed by atoms with Crippen LogP contribution in [0.2, 0.25) is 0 Å². The first kappa shape index (κ1) is 14.6. The van der Waals surface area contributed by atoms with Crippen LogP contribution in [0.15, 0.2) is 24.3 Å². The average molecular weight is 272 g/mol. The minimum Gasteiger partial charge on any atom is -0.351 e. The zero-order chi connectivity index (χ0) is 14.7. The molecule has 0 spiro atoms. The van der Waals surface area contributed by atoms with Crippen molar-refractivity contribution in [3.05, 3.63) is 35.5 Å². The molecule has 0 aliphatic carbocycles. The van der Waals surface area contributed by atoms with Gasteiger partial charge in [-0.3, -0.25) is 4.79 Å². The first-order chi connectivity index (χ1) is 9.56. The fourth-order valence-electron chi connectivity index (χ4n) is 2.46. The fraction of sp³-hybridized carbons (Fsp3) is 0.471. The Labute approximate surface area is 121 Å². The van der Waals surface area contributed by atoms with Crippen molar-refractivity contribution in [2.45, 2.75) is 40.0 Å². The van der Waals surface area contributed by atoms with Crippen LogP contribution in [0.4, 0.5) is 0 Å². The molecule has 0 radical (unpaired) electrons. The number of fused-ring (bicyclic) bond motifs is 1. The van der Waals surface area contributed by atoms with Gasteiger partial charge in [-0.15, -0.1) is 0 Å². The summed E-state index contributed by atoms with van der Waals surface area (Å²) in [6, 6.07) is 8.33. The van der Waals surface area contributed by atoms with Gasteiger partial charge in [-0.25, -0.2) is 0 Å². The first-order valence-electron chi connectivity index (χ1n) is 7.48. The third kappa shape index (κ3) is 2.87. The molecule has 1 aromatic carbocycles. The predicted octanol–water partition coefficient (Wildman–Crippen LogP) is 4.16. The number of aromatic nitrogens is 1. The number of amides is 1. The van der Waals surface area contributed by atoms with Gasteiger partial charge in [0, 0.05) is 24.0 Å². The molecule has 2 rings (SSSR count). The topological polar surface area (TPSA) is 36.1 Å². The molecule has 20 heavy (non-hydrogen) atoms. The van der Waals surface area contributed by atoms with Gasteiger partial charge in [0.1, 0.15) is 5.69 Å². The van der Waals surface area contributed by atoms with Crippen LogP contribution in [-0.2, 0) is 0 Å². The quantitative estimate of drug-likeness (QED) is 0.871. The number of nitrogens with one attached hydrogen (secondary N) is 1. The monoisotopic (exact) mass is 272 g/mol. The zero-order valence-electron chi connectivity index (χ0n) is 12.9. The van der Waals surface area contributed by atoms with Crippen molar-refractivity contribution < 1.29 is 4.79 Å². The van der Waals surface area contributed by atoms with Crippen molar-refractivity contribution in [1.29, 1.82) is 0 Å². The molecule has 0 aliphatic rings. The molecule has 1 N–H and O–H groups in total. The van der Waals surface area contributed by atoms with Crippen LogP contribution >= 0.6 is 0 Å². The molecule has 0 saturated carbocycles. The van der Waals surface area contributed by atoms with Crippen LogP contribution < -0.4 is 0 Å². The van der Waals surface area contributed by atoms with E-state index in [1.54, 1.807) is 0 Å². The molecule has 0 atom stereocenters. The molecular formula is C17H24N2O. The van der Waals surface area contributed by atoms with Gasteiger partial charge in [0.05, 0.1) is 0 Å². The van der Waals surface area contributed by atoms with Gasteiger partial charge >= 0.3 is 0 Å². The number of H-pyrrole nitrogens is 1. The lowest BCUT2D eigenvalue weighted by molar-refractivity contribution is 0.0759. The maximum Gasteiger partial charge on any atom is 0.270 e. The Morgan fingerprint density at radius 2 is 2.00 bits per heavy atom. The molecule has 1 amide bonds. The number of aromatic amines is 1.